The van der Waals surface area contributed by atoms with Crippen LogP contribution in [-0.4, -0.2) is 37.8 Å². The molecule has 0 atom stereocenters. The normalized spacial score (nSPS) is 12.7. The molecule has 5 nitrogen and oxygen atoms in total. The van der Waals surface area contributed by atoms with Crippen LogP contribution in [-0.2, 0) is 21.0 Å². The Bertz CT molecular complexity index is 657. The minimum atomic E-state index is -4.64. The minimum Gasteiger partial charge on any atom is -0.353 e. The first-order valence-corrected chi connectivity index (χ1v) is 8.39. The molecule has 0 aliphatic rings. The van der Waals surface area contributed by atoms with E-state index in [9.17, 15) is 26.4 Å². The molecule has 1 N–H and O–H groups in total. The molecule has 1 rings (SSSR count). The Morgan fingerprint density at radius 1 is 1.30 bits per heavy atom. The summed E-state index contributed by atoms with van der Waals surface area (Å²) in [6, 6.07) is 3.29. The molecule has 0 radical (unpaired) electrons. The van der Waals surface area contributed by atoms with E-state index in [1.807, 2.05) is 0 Å². The number of carbonyl (C=O) groups is 1. The van der Waals surface area contributed by atoms with E-state index >= 15 is 0 Å². The summed E-state index contributed by atoms with van der Waals surface area (Å²) in [4.78, 5) is 11.2. The molecule has 0 aliphatic carbocycles. The molecule has 0 aliphatic heterocycles. The van der Waals surface area contributed by atoms with Gasteiger partial charge in [-0.1, -0.05) is 13.0 Å². The number of nitrogens with one attached hydrogen (secondary N) is 1. The number of hydrogen-bond acceptors (Lipinski definition) is 3. The van der Waals surface area contributed by atoms with E-state index in [0.29, 0.717) is 6.07 Å². The van der Waals surface area contributed by atoms with Gasteiger partial charge in [0.1, 0.15) is 0 Å². The topological polar surface area (TPSA) is 66.5 Å². The molecule has 23 heavy (non-hydrogen) atoms. The molecule has 1 aromatic rings. The van der Waals surface area contributed by atoms with Gasteiger partial charge in [-0.25, -0.2) is 8.42 Å². The Balaban J connectivity index is 3.11. The highest BCUT2D eigenvalue weighted by molar-refractivity contribution is 7.89. The Labute approximate surface area is 133 Å². The number of alkyl halides is 3. The Morgan fingerprint density at radius 2 is 1.91 bits per heavy atom. The number of amides is 1. The number of hydrogen-bond donors (Lipinski definition) is 1. The number of nitrogens with zero attached hydrogens (tertiary/aromatic N) is 1. The van der Waals surface area contributed by atoms with Crippen LogP contribution in [0.2, 0.25) is 0 Å². The zero-order valence-electron chi connectivity index (χ0n) is 13.0. The van der Waals surface area contributed by atoms with Crippen LogP contribution in [0.15, 0.2) is 29.2 Å². The van der Waals surface area contributed by atoms with Gasteiger partial charge < -0.3 is 5.32 Å². The molecule has 0 bridgehead atoms. The summed E-state index contributed by atoms with van der Waals surface area (Å²) in [7, 11) is -4.19. The van der Waals surface area contributed by atoms with Gasteiger partial charge in [-0.3, -0.25) is 4.79 Å². The summed E-state index contributed by atoms with van der Waals surface area (Å²) in [6.07, 6.45) is -4.64. The highest BCUT2D eigenvalue weighted by Gasteiger charge is 2.33. The minimum absolute atomic E-state index is 0.0376. The molecule has 0 saturated carbocycles. The van der Waals surface area contributed by atoms with Crippen molar-refractivity contribution in [2.24, 2.45) is 0 Å². The summed E-state index contributed by atoms with van der Waals surface area (Å²) < 4.78 is 63.9. The summed E-state index contributed by atoms with van der Waals surface area (Å²) in [5, 5.41) is 2.54. The van der Waals surface area contributed by atoms with E-state index in [-0.39, 0.29) is 12.6 Å². The molecule has 0 fully saturated rings. The Kier molecular flexibility index (Phi) is 6.18. The lowest BCUT2D eigenvalue weighted by molar-refractivity contribution is -0.137. The fraction of sp³-hybridized carbons (Fsp3) is 0.500. The van der Waals surface area contributed by atoms with Crippen molar-refractivity contribution in [1.82, 2.24) is 9.62 Å². The van der Waals surface area contributed by atoms with Crippen molar-refractivity contribution < 1.29 is 26.4 Å². The molecule has 130 valence electrons. The van der Waals surface area contributed by atoms with Crippen LogP contribution in [0, 0.1) is 0 Å². The van der Waals surface area contributed by atoms with Crippen LogP contribution in [0.5, 0.6) is 0 Å². The fourth-order valence-corrected chi connectivity index (χ4v) is 3.33. The van der Waals surface area contributed by atoms with Crippen LogP contribution >= 0.6 is 0 Å². The van der Waals surface area contributed by atoms with Crippen LogP contribution < -0.4 is 5.32 Å². The third-order valence-electron chi connectivity index (χ3n) is 2.92. The standard InChI is InChI=1S/C14H19F3N2O3S/c1-4-19(9-13(20)18-10(2)3)23(21,22)12-7-5-6-11(8-12)14(15,16)17/h5-8,10H,4,9H2,1-3H3,(H,18,20). The Morgan fingerprint density at radius 3 is 2.39 bits per heavy atom. The largest absolute Gasteiger partial charge is 0.416 e. The maximum atomic E-state index is 12.7. The average Bonchev–Trinajstić information content (AvgIpc) is 2.43. The number of likely N-dealkylation sites (N-methyl/N-ethyl adjacent to an activating group) is 1. The van der Waals surface area contributed by atoms with Gasteiger partial charge >= 0.3 is 6.18 Å². The number of benzene rings is 1. The van der Waals surface area contributed by atoms with Crippen LogP contribution in [0.3, 0.4) is 0 Å². The first-order valence-electron chi connectivity index (χ1n) is 6.95. The van der Waals surface area contributed by atoms with Gasteiger partial charge in [0.15, 0.2) is 0 Å². The molecular formula is C14H19F3N2O3S. The van der Waals surface area contributed by atoms with Crippen molar-refractivity contribution >= 4 is 15.9 Å². The summed E-state index contributed by atoms with van der Waals surface area (Å²) in [5.41, 5.74) is -1.05. The van der Waals surface area contributed by atoms with E-state index < -0.39 is 39.1 Å². The lowest BCUT2D eigenvalue weighted by atomic mass is 10.2. The van der Waals surface area contributed by atoms with Crippen LogP contribution in [0.25, 0.3) is 0 Å². The number of rotatable bonds is 6. The first-order chi connectivity index (χ1) is 10.5. The zero-order valence-corrected chi connectivity index (χ0v) is 13.8. The van der Waals surface area contributed by atoms with E-state index in [2.05, 4.69) is 5.32 Å². The predicted octanol–water partition coefficient (Wildman–Crippen LogP) is 2.24. The van der Waals surface area contributed by atoms with Gasteiger partial charge in [-0.05, 0) is 32.0 Å². The molecule has 1 aromatic carbocycles. The van der Waals surface area contributed by atoms with E-state index in [0.717, 1.165) is 22.5 Å². The maximum absolute atomic E-state index is 12.7. The molecule has 0 heterocycles. The fourth-order valence-electron chi connectivity index (χ4n) is 1.88. The molecular weight excluding hydrogens is 333 g/mol. The molecule has 0 unspecified atom stereocenters. The quantitative estimate of drug-likeness (QED) is 0.854. The SMILES string of the molecule is CCN(CC(=O)NC(C)C)S(=O)(=O)c1cccc(C(F)(F)F)c1. The van der Waals surface area contributed by atoms with Gasteiger partial charge in [0.2, 0.25) is 15.9 Å². The second-order valence-corrected chi connectivity index (χ2v) is 7.12. The summed E-state index contributed by atoms with van der Waals surface area (Å²) in [5.74, 6) is -0.516. The van der Waals surface area contributed by atoms with Gasteiger partial charge in [0.05, 0.1) is 17.0 Å². The smallest absolute Gasteiger partial charge is 0.353 e. The lowest BCUT2D eigenvalue weighted by Crippen LogP contribution is -2.42. The predicted molar refractivity (Wildman–Crippen MR) is 79.2 cm³/mol. The molecule has 9 heteroatoms. The number of halogens is 3. The highest BCUT2D eigenvalue weighted by atomic mass is 32.2. The van der Waals surface area contributed by atoms with Crippen molar-refractivity contribution in [3.63, 3.8) is 0 Å². The summed E-state index contributed by atoms with van der Waals surface area (Å²) >= 11 is 0. The summed E-state index contributed by atoms with van der Waals surface area (Å²) in [6.45, 7) is 4.45. The molecule has 0 saturated heterocycles. The van der Waals surface area contributed by atoms with Crippen LogP contribution in [0.1, 0.15) is 26.3 Å². The van der Waals surface area contributed by atoms with E-state index in [1.165, 1.54) is 6.92 Å². The molecule has 1 amide bonds. The first kappa shape index (κ1) is 19.4. The average molecular weight is 352 g/mol. The van der Waals surface area contributed by atoms with Gasteiger partial charge in [0.25, 0.3) is 0 Å². The number of carbonyl (C=O) groups excluding carboxylic acids is 1. The van der Waals surface area contributed by atoms with Crippen molar-refractivity contribution in [1.29, 1.82) is 0 Å². The zero-order chi connectivity index (χ0) is 17.8. The van der Waals surface area contributed by atoms with E-state index in [4.69, 9.17) is 0 Å². The van der Waals surface area contributed by atoms with Crippen molar-refractivity contribution in [3.05, 3.63) is 29.8 Å². The van der Waals surface area contributed by atoms with Gasteiger partial charge in [-0.2, -0.15) is 17.5 Å². The van der Waals surface area contributed by atoms with Crippen molar-refractivity contribution in [2.75, 3.05) is 13.1 Å². The lowest BCUT2D eigenvalue weighted by Gasteiger charge is -2.21. The molecule has 0 spiro atoms. The van der Waals surface area contributed by atoms with Gasteiger partial charge in [-0.15, -0.1) is 0 Å². The van der Waals surface area contributed by atoms with Gasteiger partial charge in [0, 0.05) is 12.6 Å². The molecule has 0 aromatic heterocycles. The second-order valence-electron chi connectivity index (χ2n) is 5.18. The second kappa shape index (κ2) is 7.31. The Hall–Kier alpha value is -1.61. The third-order valence-corrected chi connectivity index (χ3v) is 4.84. The maximum Gasteiger partial charge on any atom is 0.416 e. The third kappa shape index (κ3) is 5.21. The number of sulfonamides is 1. The monoisotopic (exact) mass is 352 g/mol. The van der Waals surface area contributed by atoms with Crippen LogP contribution in [0.4, 0.5) is 13.2 Å². The highest BCUT2D eigenvalue weighted by Crippen LogP contribution is 2.31. The van der Waals surface area contributed by atoms with E-state index in [1.54, 1.807) is 13.8 Å². The van der Waals surface area contributed by atoms with Crippen molar-refractivity contribution in [2.45, 2.75) is 37.9 Å². The van der Waals surface area contributed by atoms with Crippen molar-refractivity contribution in [3.8, 4) is 0 Å².